The number of ether oxygens (including phenoxy) is 1. The van der Waals surface area contributed by atoms with Gasteiger partial charge in [-0.05, 0) is 19.1 Å². The van der Waals surface area contributed by atoms with Crippen molar-refractivity contribution in [3.05, 3.63) is 35.4 Å². The first-order valence-corrected chi connectivity index (χ1v) is 6.54. The summed E-state index contributed by atoms with van der Waals surface area (Å²) in [6.07, 6.45) is -4.63. The lowest BCUT2D eigenvalue weighted by Gasteiger charge is -2.38. The first-order chi connectivity index (χ1) is 10.1. The Morgan fingerprint density at radius 1 is 1.32 bits per heavy atom. The molecule has 1 aliphatic rings. The van der Waals surface area contributed by atoms with E-state index < -0.39 is 34.7 Å². The highest BCUT2D eigenvalue weighted by Crippen LogP contribution is 2.32. The summed E-state index contributed by atoms with van der Waals surface area (Å²) in [5.41, 5.74) is 2.36. The van der Waals surface area contributed by atoms with Crippen LogP contribution in [0.5, 0.6) is 0 Å². The molecule has 8 heteroatoms. The largest absolute Gasteiger partial charge is 0.417 e. The zero-order chi connectivity index (χ0) is 16.5. The van der Waals surface area contributed by atoms with Gasteiger partial charge in [0.1, 0.15) is 0 Å². The molecule has 1 heterocycles. The fourth-order valence-corrected chi connectivity index (χ4v) is 2.28. The summed E-state index contributed by atoms with van der Waals surface area (Å²) in [7, 11) is 0. The maximum absolute atomic E-state index is 13.0. The fourth-order valence-electron chi connectivity index (χ4n) is 2.28. The summed E-state index contributed by atoms with van der Waals surface area (Å²) in [6.45, 7) is 1.34. The molecule has 0 bridgehead atoms. The zero-order valence-electron chi connectivity index (χ0n) is 11.8. The van der Waals surface area contributed by atoms with Crippen LogP contribution in [0.4, 0.5) is 13.2 Å². The minimum atomic E-state index is -4.63. The van der Waals surface area contributed by atoms with Crippen LogP contribution in [0.3, 0.4) is 0 Å². The molecule has 2 rings (SSSR count). The van der Waals surface area contributed by atoms with Crippen LogP contribution in [-0.4, -0.2) is 42.0 Å². The monoisotopic (exact) mass is 316 g/mol. The van der Waals surface area contributed by atoms with Crippen molar-refractivity contribution in [2.45, 2.75) is 18.7 Å². The molecule has 1 aliphatic heterocycles. The van der Waals surface area contributed by atoms with Gasteiger partial charge in [-0.3, -0.25) is 9.59 Å². The molecule has 0 unspecified atom stereocenters. The molecule has 5 nitrogen and oxygen atoms in total. The van der Waals surface area contributed by atoms with Gasteiger partial charge in [-0.1, -0.05) is 12.1 Å². The number of nitrogens with two attached hydrogens (primary N) is 1. The van der Waals surface area contributed by atoms with Gasteiger partial charge in [0.2, 0.25) is 0 Å². The third kappa shape index (κ3) is 3.06. The summed E-state index contributed by atoms with van der Waals surface area (Å²) >= 11 is 0. The highest BCUT2D eigenvalue weighted by atomic mass is 19.4. The molecule has 0 aromatic heterocycles. The second kappa shape index (κ2) is 5.60. The second-order valence-electron chi connectivity index (χ2n) is 5.21. The Bertz CT molecular complexity index is 603. The molecule has 1 saturated heterocycles. The number of rotatable bonds is 2. The Labute approximate surface area is 124 Å². The first-order valence-electron chi connectivity index (χ1n) is 6.54. The molecule has 120 valence electrons. The summed E-state index contributed by atoms with van der Waals surface area (Å²) in [5, 5.41) is 0. The number of carbonyl (C=O) groups excluding carboxylic acids is 2. The maximum Gasteiger partial charge on any atom is 0.417 e. The summed E-state index contributed by atoms with van der Waals surface area (Å²) in [6, 6.07) is 4.53. The van der Waals surface area contributed by atoms with E-state index in [0.29, 0.717) is 0 Å². The van der Waals surface area contributed by atoms with Crippen molar-refractivity contribution in [2.24, 2.45) is 5.73 Å². The number of carbonyl (C=O) groups is 2. The summed E-state index contributed by atoms with van der Waals surface area (Å²) in [4.78, 5) is 24.9. The van der Waals surface area contributed by atoms with Crippen molar-refractivity contribution >= 4 is 11.8 Å². The van der Waals surface area contributed by atoms with E-state index in [4.69, 9.17) is 10.5 Å². The number of morpholine rings is 1. The number of hydrogen-bond donors (Lipinski definition) is 1. The van der Waals surface area contributed by atoms with E-state index in [1.807, 2.05) is 0 Å². The molecular formula is C14H15F3N2O3. The van der Waals surface area contributed by atoms with Crippen LogP contribution in [0.25, 0.3) is 0 Å². The number of benzene rings is 1. The maximum atomic E-state index is 13.0. The predicted octanol–water partition coefficient (Wildman–Crippen LogP) is 1.42. The van der Waals surface area contributed by atoms with Gasteiger partial charge in [0.15, 0.2) is 5.60 Å². The van der Waals surface area contributed by atoms with Gasteiger partial charge >= 0.3 is 6.18 Å². The van der Waals surface area contributed by atoms with Crippen LogP contribution in [0.1, 0.15) is 22.8 Å². The van der Waals surface area contributed by atoms with Crippen molar-refractivity contribution in [3.8, 4) is 0 Å². The molecule has 0 radical (unpaired) electrons. The van der Waals surface area contributed by atoms with E-state index >= 15 is 0 Å². The van der Waals surface area contributed by atoms with E-state index in [1.165, 1.54) is 19.1 Å². The molecule has 22 heavy (non-hydrogen) atoms. The van der Waals surface area contributed by atoms with Crippen LogP contribution < -0.4 is 5.73 Å². The van der Waals surface area contributed by atoms with Crippen molar-refractivity contribution in [2.75, 3.05) is 19.7 Å². The lowest BCUT2D eigenvalue weighted by atomic mass is 10.0. The highest BCUT2D eigenvalue weighted by Gasteiger charge is 2.41. The minimum Gasteiger partial charge on any atom is -0.367 e. The Hall–Kier alpha value is -2.09. The number of nitrogens with zero attached hydrogens (tertiary/aromatic N) is 1. The van der Waals surface area contributed by atoms with E-state index in [0.717, 1.165) is 17.0 Å². The number of halogens is 3. The molecule has 0 spiro atoms. The normalized spacial score (nSPS) is 22.5. The van der Waals surface area contributed by atoms with Gasteiger partial charge in [0.25, 0.3) is 11.8 Å². The van der Waals surface area contributed by atoms with Gasteiger partial charge in [0, 0.05) is 6.54 Å². The van der Waals surface area contributed by atoms with E-state index in [9.17, 15) is 22.8 Å². The van der Waals surface area contributed by atoms with Crippen molar-refractivity contribution in [1.82, 2.24) is 4.90 Å². The van der Waals surface area contributed by atoms with Crippen LogP contribution in [-0.2, 0) is 15.7 Å². The van der Waals surface area contributed by atoms with Gasteiger partial charge < -0.3 is 15.4 Å². The molecule has 1 atom stereocenters. The Balaban J connectivity index is 2.31. The SMILES string of the molecule is C[C@@]1(C(N)=O)CN(C(=O)c2ccccc2C(F)(F)F)CCO1. The van der Waals surface area contributed by atoms with E-state index in [2.05, 4.69) is 0 Å². The van der Waals surface area contributed by atoms with Crippen molar-refractivity contribution in [3.63, 3.8) is 0 Å². The first kappa shape index (κ1) is 16.3. The Morgan fingerprint density at radius 2 is 1.95 bits per heavy atom. The van der Waals surface area contributed by atoms with E-state index in [1.54, 1.807) is 0 Å². The third-order valence-electron chi connectivity index (χ3n) is 3.55. The predicted molar refractivity (Wildman–Crippen MR) is 70.9 cm³/mol. The van der Waals surface area contributed by atoms with Gasteiger partial charge in [-0.15, -0.1) is 0 Å². The highest BCUT2D eigenvalue weighted by molar-refractivity contribution is 5.96. The average Bonchev–Trinajstić information content (AvgIpc) is 2.45. The molecule has 1 aromatic rings. The fraction of sp³-hybridized carbons (Fsp3) is 0.429. The molecule has 1 aromatic carbocycles. The topological polar surface area (TPSA) is 72.6 Å². The third-order valence-corrected chi connectivity index (χ3v) is 3.55. The number of hydrogen-bond acceptors (Lipinski definition) is 3. The molecule has 0 saturated carbocycles. The van der Waals surface area contributed by atoms with E-state index in [-0.39, 0.29) is 19.7 Å². The Morgan fingerprint density at radius 3 is 2.55 bits per heavy atom. The average molecular weight is 316 g/mol. The summed E-state index contributed by atoms with van der Waals surface area (Å²) < 4.78 is 44.2. The summed E-state index contributed by atoms with van der Waals surface area (Å²) in [5.74, 6) is -1.57. The lowest BCUT2D eigenvalue weighted by molar-refractivity contribution is -0.150. The Kier molecular flexibility index (Phi) is 4.15. The number of alkyl halides is 3. The van der Waals surface area contributed by atoms with Crippen LogP contribution in [0, 0.1) is 0 Å². The van der Waals surface area contributed by atoms with Gasteiger partial charge in [0.05, 0.1) is 24.3 Å². The van der Waals surface area contributed by atoms with Crippen molar-refractivity contribution in [1.29, 1.82) is 0 Å². The number of primary amides is 1. The molecule has 1 fully saturated rings. The minimum absolute atomic E-state index is 0.0271. The molecule has 2 amide bonds. The quantitative estimate of drug-likeness (QED) is 0.897. The smallest absolute Gasteiger partial charge is 0.367 e. The standard InChI is InChI=1S/C14H15F3N2O3/c1-13(12(18)21)8-19(6-7-22-13)11(20)9-4-2-3-5-10(9)14(15,16)17/h2-5H,6-8H2,1H3,(H2,18,21)/t13-/m0/s1. The van der Waals surface area contributed by atoms with Gasteiger partial charge in [-0.2, -0.15) is 13.2 Å². The van der Waals surface area contributed by atoms with Crippen molar-refractivity contribution < 1.29 is 27.5 Å². The second-order valence-corrected chi connectivity index (χ2v) is 5.21. The van der Waals surface area contributed by atoms with Crippen LogP contribution >= 0.6 is 0 Å². The van der Waals surface area contributed by atoms with Crippen LogP contribution in [0.15, 0.2) is 24.3 Å². The zero-order valence-corrected chi connectivity index (χ0v) is 11.8. The lowest BCUT2D eigenvalue weighted by Crippen LogP contribution is -2.58. The molecule has 2 N–H and O–H groups in total. The molecule has 0 aliphatic carbocycles. The van der Waals surface area contributed by atoms with Gasteiger partial charge in [-0.25, -0.2) is 0 Å². The molecular weight excluding hydrogens is 301 g/mol. The van der Waals surface area contributed by atoms with Crippen LogP contribution in [0.2, 0.25) is 0 Å². The number of amides is 2.